The quantitative estimate of drug-likeness (QED) is 0.848. The molecule has 0 aromatic heterocycles. The van der Waals surface area contributed by atoms with Gasteiger partial charge in [-0.15, -0.1) is 0 Å². The average molecular weight is 294 g/mol. The van der Waals surface area contributed by atoms with E-state index in [1.807, 2.05) is 30.3 Å². The number of nitrogens with one attached hydrogen (secondary N) is 2. The highest BCUT2D eigenvalue weighted by Crippen LogP contribution is 2.27. The SMILES string of the molecule is COc1cccc(C2=C(Nc3ccccc3)C(=O)NC2=O)c1. The van der Waals surface area contributed by atoms with Gasteiger partial charge in [0.15, 0.2) is 0 Å². The fraction of sp³-hybridized carbons (Fsp3) is 0.0588. The Bertz CT molecular complexity index is 766. The lowest BCUT2D eigenvalue weighted by Crippen LogP contribution is -2.24. The number of amides is 2. The van der Waals surface area contributed by atoms with Gasteiger partial charge in [0.2, 0.25) is 0 Å². The van der Waals surface area contributed by atoms with E-state index in [4.69, 9.17) is 4.74 Å². The Hall–Kier alpha value is -3.08. The summed E-state index contributed by atoms with van der Waals surface area (Å²) >= 11 is 0. The van der Waals surface area contributed by atoms with Crippen LogP contribution in [0.3, 0.4) is 0 Å². The molecule has 3 rings (SSSR count). The molecule has 0 unspecified atom stereocenters. The monoisotopic (exact) mass is 294 g/mol. The number of benzene rings is 2. The average Bonchev–Trinajstić information content (AvgIpc) is 2.82. The predicted octanol–water partition coefficient (Wildman–Crippen LogP) is 2.17. The van der Waals surface area contributed by atoms with Gasteiger partial charge in [-0.05, 0) is 29.8 Å². The largest absolute Gasteiger partial charge is 0.497 e. The Kier molecular flexibility index (Phi) is 3.62. The van der Waals surface area contributed by atoms with Gasteiger partial charge in [0, 0.05) is 5.69 Å². The zero-order valence-corrected chi connectivity index (χ0v) is 11.9. The molecule has 5 nitrogen and oxygen atoms in total. The molecular formula is C17H14N2O3. The van der Waals surface area contributed by atoms with Crippen LogP contribution >= 0.6 is 0 Å². The molecule has 1 aliphatic rings. The molecule has 2 aromatic carbocycles. The van der Waals surface area contributed by atoms with Gasteiger partial charge in [-0.2, -0.15) is 0 Å². The number of methoxy groups -OCH3 is 1. The number of rotatable bonds is 4. The summed E-state index contributed by atoms with van der Waals surface area (Å²) in [6.45, 7) is 0. The topological polar surface area (TPSA) is 67.4 Å². The van der Waals surface area contributed by atoms with Crippen molar-refractivity contribution in [3.05, 3.63) is 65.9 Å². The second-order valence-electron chi connectivity index (χ2n) is 4.76. The summed E-state index contributed by atoms with van der Waals surface area (Å²) in [6, 6.07) is 16.3. The van der Waals surface area contributed by atoms with Crippen LogP contribution in [0.5, 0.6) is 5.75 Å². The molecule has 2 amide bonds. The van der Waals surface area contributed by atoms with E-state index in [0.717, 1.165) is 5.69 Å². The van der Waals surface area contributed by atoms with Crippen LogP contribution in [0.25, 0.3) is 5.57 Å². The maximum Gasteiger partial charge on any atom is 0.275 e. The zero-order chi connectivity index (χ0) is 15.5. The predicted molar refractivity (Wildman–Crippen MR) is 83.1 cm³/mol. The maximum atomic E-state index is 12.1. The van der Waals surface area contributed by atoms with Gasteiger partial charge in [-0.3, -0.25) is 14.9 Å². The first kappa shape index (κ1) is 13.9. The molecule has 0 spiro atoms. The van der Waals surface area contributed by atoms with Crippen LogP contribution in [0.15, 0.2) is 60.3 Å². The van der Waals surface area contributed by atoms with Gasteiger partial charge in [-0.25, -0.2) is 0 Å². The molecule has 1 heterocycles. The van der Waals surface area contributed by atoms with Gasteiger partial charge in [-0.1, -0.05) is 30.3 Å². The molecular weight excluding hydrogens is 280 g/mol. The van der Waals surface area contributed by atoms with E-state index in [9.17, 15) is 9.59 Å². The number of anilines is 1. The van der Waals surface area contributed by atoms with Crippen molar-refractivity contribution in [1.29, 1.82) is 0 Å². The Morgan fingerprint density at radius 3 is 2.45 bits per heavy atom. The second kappa shape index (κ2) is 5.73. The third-order valence-electron chi connectivity index (χ3n) is 3.33. The van der Waals surface area contributed by atoms with E-state index in [1.165, 1.54) is 0 Å². The van der Waals surface area contributed by atoms with E-state index in [0.29, 0.717) is 16.9 Å². The number of hydrogen-bond donors (Lipinski definition) is 2. The van der Waals surface area contributed by atoms with Crippen LogP contribution in [0.2, 0.25) is 0 Å². The highest BCUT2D eigenvalue weighted by atomic mass is 16.5. The van der Waals surface area contributed by atoms with Gasteiger partial charge in [0.1, 0.15) is 11.4 Å². The fourth-order valence-electron chi connectivity index (χ4n) is 2.29. The summed E-state index contributed by atoms with van der Waals surface area (Å²) in [5.41, 5.74) is 1.92. The number of para-hydroxylation sites is 1. The van der Waals surface area contributed by atoms with E-state index < -0.39 is 11.8 Å². The summed E-state index contributed by atoms with van der Waals surface area (Å²) in [5, 5.41) is 5.33. The van der Waals surface area contributed by atoms with Crippen molar-refractivity contribution in [3.63, 3.8) is 0 Å². The van der Waals surface area contributed by atoms with Crippen molar-refractivity contribution >= 4 is 23.1 Å². The lowest BCUT2D eigenvalue weighted by molar-refractivity contribution is -0.123. The number of carbonyl (C=O) groups is 2. The molecule has 110 valence electrons. The smallest absolute Gasteiger partial charge is 0.275 e. The van der Waals surface area contributed by atoms with Crippen molar-refractivity contribution in [3.8, 4) is 5.75 Å². The first-order valence-corrected chi connectivity index (χ1v) is 6.75. The summed E-state index contributed by atoms with van der Waals surface area (Å²) in [4.78, 5) is 24.2. The lowest BCUT2D eigenvalue weighted by atomic mass is 10.0. The normalized spacial score (nSPS) is 14.0. The Labute approximate surface area is 127 Å². The highest BCUT2D eigenvalue weighted by Gasteiger charge is 2.31. The van der Waals surface area contributed by atoms with Gasteiger partial charge in [0.05, 0.1) is 12.7 Å². The van der Waals surface area contributed by atoms with Crippen LogP contribution in [-0.2, 0) is 9.59 Å². The number of imide groups is 1. The first-order valence-electron chi connectivity index (χ1n) is 6.75. The van der Waals surface area contributed by atoms with Crippen molar-refractivity contribution in [1.82, 2.24) is 5.32 Å². The van der Waals surface area contributed by atoms with E-state index in [2.05, 4.69) is 10.6 Å². The van der Waals surface area contributed by atoms with E-state index >= 15 is 0 Å². The van der Waals surface area contributed by atoms with Crippen molar-refractivity contribution in [2.45, 2.75) is 0 Å². The molecule has 1 aliphatic heterocycles. The van der Waals surface area contributed by atoms with Gasteiger partial charge >= 0.3 is 0 Å². The molecule has 5 heteroatoms. The molecule has 0 atom stereocenters. The molecule has 0 aliphatic carbocycles. The minimum Gasteiger partial charge on any atom is -0.497 e. The zero-order valence-electron chi connectivity index (χ0n) is 11.9. The van der Waals surface area contributed by atoms with E-state index in [1.54, 1.807) is 31.4 Å². The molecule has 2 aromatic rings. The Morgan fingerprint density at radius 2 is 1.73 bits per heavy atom. The molecule has 22 heavy (non-hydrogen) atoms. The van der Waals surface area contributed by atoms with Crippen LogP contribution in [0, 0.1) is 0 Å². The van der Waals surface area contributed by atoms with Crippen molar-refractivity contribution < 1.29 is 14.3 Å². The third kappa shape index (κ3) is 2.56. The summed E-state index contributed by atoms with van der Waals surface area (Å²) in [7, 11) is 1.55. The number of hydrogen-bond acceptors (Lipinski definition) is 4. The lowest BCUT2D eigenvalue weighted by Gasteiger charge is -2.08. The summed E-state index contributed by atoms with van der Waals surface area (Å²) in [6.07, 6.45) is 0. The van der Waals surface area contributed by atoms with E-state index in [-0.39, 0.29) is 5.70 Å². The highest BCUT2D eigenvalue weighted by molar-refractivity contribution is 6.36. The molecule has 2 N–H and O–H groups in total. The van der Waals surface area contributed by atoms with Crippen LogP contribution in [0.1, 0.15) is 5.56 Å². The summed E-state index contributed by atoms with van der Waals surface area (Å²) < 4.78 is 5.17. The van der Waals surface area contributed by atoms with Crippen molar-refractivity contribution in [2.75, 3.05) is 12.4 Å². The molecule has 0 fully saturated rings. The van der Waals surface area contributed by atoms with Crippen molar-refractivity contribution in [2.24, 2.45) is 0 Å². The van der Waals surface area contributed by atoms with Crippen LogP contribution < -0.4 is 15.4 Å². The first-order chi connectivity index (χ1) is 10.7. The Morgan fingerprint density at radius 1 is 0.955 bits per heavy atom. The second-order valence-corrected chi connectivity index (χ2v) is 4.76. The number of ether oxygens (including phenoxy) is 1. The Balaban J connectivity index is 2.06. The molecule has 0 saturated carbocycles. The minimum absolute atomic E-state index is 0.240. The molecule has 0 bridgehead atoms. The van der Waals surface area contributed by atoms with Gasteiger partial charge < -0.3 is 10.1 Å². The molecule has 0 saturated heterocycles. The number of carbonyl (C=O) groups excluding carboxylic acids is 2. The standard InChI is InChI=1S/C17H14N2O3/c1-22-13-9-5-6-11(10-13)14-15(17(21)19-16(14)20)18-12-7-3-2-4-8-12/h2-10H,1H3,(H2,18,19,20,21). The molecule has 0 radical (unpaired) electrons. The van der Waals surface area contributed by atoms with Crippen LogP contribution in [-0.4, -0.2) is 18.9 Å². The minimum atomic E-state index is -0.438. The fourth-order valence-corrected chi connectivity index (χ4v) is 2.29. The summed E-state index contributed by atoms with van der Waals surface area (Å²) in [5.74, 6) is -0.237. The maximum absolute atomic E-state index is 12.1. The van der Waals surface area contributed by atoms with Crippen LogP contribution in [0.4, 0.5) is 5.69 Å². The third-order valence-corrected chi connectivity index (χ3v) is 3.33. The van der Waals surface area contributed by atoms with Gasteiger partial charge in [0.25, 0.3) is 11.8 Å².